The fourth-order valence-corrected chi connectivity index (χ4v) is 3.53. The van der Waals surface area contributed by atoms with E-state index in [0.29, 0.717) is 5.41 Å². The molecule has 1 fully saturated rings. The van der Waals surface area contributed by atoms with Crippen LogP contribution in [0.4, 0.5) is 0 Å². The van der Waals surface area contributed by atoms with Gasteiger partial charge in [0.2, 0.25) is 0 Å². The Balaban J connectivity index is 2.09. The average molecular weight is 251 g/mol. The van der Waals surface area contributed by atoms with E-state index in [4.69, 9.17) is 0 Å². The predicted octanol–water partition coefficient (Wildman–Crippen LogP) is 4.83. The molecule has 1 aromatic carbocycles. The van der Waals surface area contributed by atoms with Crippen LogP contribution >= 0.6 is 0 Å². The summed E-state index contributed by atoms with van der Waals surface area (Å²) in [5.74, 6) is 0.849. The highest BCUT2D eigenvalue weighted by molar-refractivity contribution is 5.66. The number of benzene rings is 1. The van der Waals surface area contributed by atoms with Gasteiger partial charge < -0.3 is 0 Å². The summed E-state index contributed by atoms with van der Waals surface area (Å²) in [6, 6.07) is 15.0. The van der Waals surface area contributed by atoms with Gasteiger partial charge in [0.05, 0.1) is 5.69 Å². The SMILES string of the molecule is CCC1CC1(CC)c1ccccc1-c1ccccn1. The van der Waals surface area contributed by atoms with Crippen LogP contribution in [0.5, 0.6) is 0 Å². The normalized spacial score (nSPS) is 25.3. The molecule has 2 atom stereocenters. The van der Waals surface area contributed by atoms with Crippen LogP contribution in [0.25, 0.3) is 11.3 Å². The summed E-state index contributed by atoms with van der Waals surface area (Å²) in [7, 11) is 0. The first kappa shape index (κ1) is 12.4. The molecule has 0 N–H and O–H groups in total. The van der Waals surface area contributed by atoms with Crippen LogP contribution < -0.4 is 0 Å². The predicted molar refractivity (Wildman–Crippen MR) is 80.0 cm³/mol. The fraction of sp³-hybridized carbons (Fsp3) is 0.389. The zero-order chi connectivity index (χ0) is 13.3. The number of aromatic nitrogens is 1. The smallest absolute Gasteiger partial charge is 0.0704 e. The van der Waals surface area contributed by atoms with Gasteiger partial charge in [0, 0.05) is 11.8 Å². The van der Waals surface area contributed by atoms with Gasteiger partial charge in [-0.1, -0.05) is 50.6 Å². The Morgan fingerprint density at radius 3 is 2.53 bits per heavy atom. The number of hydrogen-bond acceptors (Lipinski definition) is 1. The van der Waals surface area contributed by atoms with E-state index in [0.717, 1.165) is 11.6 Å². The summed E-state index contributed by atoms with van der Waals surface area (Å²) in [5, 5.41) is 0. The van der Waals surface area contributed by atoms with Crippen LogP contribution in [0.3, 0.4) is 0 Å². The Bertz CT molecular complexity index is 561. The van der Waals surface area contributed by atoms with Crippen molar-refractivity contribution >= 4 is 0 Å². The van der Waals surface area contributed by atoms with E-state index < -0.39 is 0 Å². The van der Waals surface area contributed by atoms with E-state index >= 15 is 0 Å². The number of pyridine rings is 1. The Labute approximate surface area is 115 Å². The molecular formula is C18H21N. The van der Waals surface area contributed by atoms with Crippen LogP contribution in [0, 0.1) is 5.92 Å². The molecule has 19 heavy (non-hydrogen) atoms. The molecule has 0 radical (unpaired) electrons. The summed E-state index contributed by atoms with van der Waals surface area (Å²) in [6.45, 7) is 4.64. The van der Waals surface area contributed by atoms with Crippen molar-refractivity contribution in [1.29, 1.82) is 0 Å². The van der Waals surface area contributed by atoms with Crippen LogP contribution in [0.1, 0.15) is 38.7 Å². The molecule has 2 aromatic rings. The van der Waals surface area contributed by atoms with Gasteiger partial charge in [0.1, 0.15) is 0 Å². The maximum atomic E-state index is 4.54. The molecule has 0 spiro atoms. The van der Waals surface area contributed by atoms with Gasteiger partial charge >= 0.3 is 0 Å². The van der Waals surface area contributed by atoms with Gasteiger partial charge in [-0.15, -0.1) is 0 Å². The first-order valence-corrected chi connectivity index (χ1v) is 7.32. The number of rotatable bonds is 4. The minimum atomic E-state index is 0.406. The van der Waals surface area contributed by atoms with Crippen LogP contribution in [0.2, 0.25) is 0 Å². The topological polar surface area (TPSA) is 12.9 Å². The molecule has 1 nitrogen and oxygen atoms in total. The molecule has 1 aromatic heterocycles. The van der Waals surface area contributed by atoms with Crippen molar-refractivity contribution in [2.24, 2.45) is 5.92 Å². The average Bonchev–Trinajstić information content (AvgIpc) is 3.23. The van der Waals surface area contributed by atoms with Gasteiger partial charge in [0.15, 0.2) is 0 Å². The monoisotopic (exact) mass is 251 g/mol. The maximum absolute atomic E-state index is 4.54. The minimum absolute atomic E-state index is 0.406. The standard InChI is InChI=1S/C18H21N/c1-3-14-13-18(14,4-2)16-10-6-5-9-15(16)17-11-7-8-12-19-17/h5-12,14H,3-4,13H2,1-2H3. The molecule has 2 unspecified atom stereocenters. The van der Waals surface area contributed by atoms with Gasteiger partial charge in [-0.3, -0.25) is 4.98 Å². The quantitative estimate of drug-likeness (QED) is 0.758. The van der Waals surface area contributed by atoms with E-state index in [9.17, 15) is 0 Å². The molecule has 1 aliphatic rings. The molecule has 98 valence electrons. The Hall–Kier alpha value is -1.63. The lowest BCUT2D eigenvalue weighted by Gasteiger charge is -2.19. The van der Waals surface area contributed by atoms with Gasteiger partial charge in [0.25, 0.3) is 0 Å². The Kier molecular flexibility index (Phi) is 3.14. The molecule has 1 heteroatoms. The van der Waals surface area contributed by atoms with Crippen molar-refractivity contribution in [2.45, 2.75) is 38.5 Å². The number of hydrogen-bond donors (Lipinski definition) is 0. The molecular weight excluding hydrogens is 230 g/mol. The van der Waals surface area contributed by atoms with Crippen molar-refractivity contribution < 1.29 is 0 Å². The van der Waals surface area contributed by atoms with Crippen LogP contribution in [-0.4, -0.2) is 4.98 Å². The van der Waals surface area contributed by atoms with Gasteiger partial charge in [-0.05, 0) is 41.9 Å². The first-order valence-electron chi connectivity index (χ1n) is 7.32. The molecule has 3 rings (SSSR count). The zero-order valence-corrected chi connectivity index (χ0v) is 11.8. The summed E-state index contributed by atoms with van der Waals surface area (Å²) in [5.41, 5.74) is 4.33. The van der Waals surface area contributed by atoms with Crippen molar-refractivity contribution in [1.82, 2.24) is 4.98 Å². The summed E-state index contributed by atoms with van der Waals surface area (Å²) in [4.78, 5) is 4.54. The second-order valence-corrected chi connectivity index (χ2v) is 5.58. The number of nitrogens with zero attached hydrogens (tertiary/aromatic N) is 1. The highest BCUT2D eigenvalue weighted by Gasteiger charge is 2.53. The largest absolute Gasteiger partial charge is 0.256 e. The van der Waals surface area contributed by atoms with Gasteiger partial charge in [-0.25, -0.2) is 0 Å². The van der Waals surface area contributed by atoms with Gasteiger partial charge in [-0.2, -0.15) is 0 Å². The van der Waals surface area contributed by atoms with E-state index in [1.54, 1.807) is 0 Å². The highest BCUT2D eigenvalue weighted by Crippen LogP contribution is 2.59. The molecule has 0 aliphatic heterocycles. The summed E-state index contributed by atoms with van der Waals surface area (Å²) >= 11 is 0. The molecule has 0 amide bonds. The Morgan fingerprint density at radius 2 is 1.89 bits per heavy atom. The van der Waals surface area contributed by atoms with E-state index in [-0.39, 0.29) is 0 Å². The highest BCUT2D eigenvalue weighted by atomic mass is 14.7. The second kappa shape index (κ2) is 4.80. The fourth-order valence-electron chi connectivity index (χ4n) is 3.53. The third-order valence-electron chi connectivity index (χ3n) is 4.76. The lowest BCUT2D eigenvalue weighted by Crippen LogP contribution is -2.10. The molecule has 1 saturated carbocycles. The van der Waals surface area contributed by atoms with Crippen molar-refractivity contribution in [3.8, 4) is 11.3 Å². The van der Waals surface area contributed by atoms with Crippen LogP contribution in [0.15, 0.2) is 48.7 Å². The van der Waals surface area contributed by atoms with E-state index in [1.165, 1.54) is 30.4 Å². The lowest BCUT2D eigenvalue weighted by molar-refractivity contribution is 0.573. The third kappa shape index (κ3) is 1.98. The third-order valence-corrected chi connectivity index (χ3v) is 4.76. The first-order chi connectivity index (χ1) is 9.31. The summed E-state index contributed by atoms with van der Waals surface area (Å²) in [6.07, 6.45) is 5.73. The van der Waals surface area contributed by atoms with E-state index in [1.807, 2.05) is 12.3 Å². The zero-order valence-electron chi connectivity index (χ0n) is 11.8. The minimum Gasteiger partial charge on any atom is -0.256 e. The maximum Gasteiger partial charge on any atom is 0.0704 e. The molecule has 0 bridgehead atoms. The lowest BCUT2D eigenvalue weighted by atomic mass is 9.85. The Morgan fingerprint density at radius 1 is 1.11 bits per heavy atom. The van der Waals surface area contributed by atoms with Crippen molar-refractivity contribution in [2.75, 3.05) is 0 Å². The second-order valence-electron chi connectivity index (χ2n) is 5.58. The van der Waals surface area contributed by atoms with Crippen molar-refractivity contribution in [3.63, 3.8) is 0 Å². The summed E-state index contributed by atoms with van der Waals surface area (Å²) < 4.78 is 0. The van der Waals surface area contributed by atoms with Crippen LogP contribution in [-0.2, 0) is 5.41 Å². The molecule has 1 heterocycles. The molecule has 0 saturated heterocycles. The molecule has 1 aliphatic carbocycles. The van der Waals surface area contributed by atoms with E-state index in [2.05, 4.69) is 55.2 Å². The van der Waals surface area contributed by atoms with Crippen molar-refractivity contribution in [3.05, 3.63) is 54.2 Å².